The molecule has 0 atom stereocenters. The van der Waals surface area contributed by atoms with Crippen molar-refractivity contribution in [2.45, 2.75) is 63.0 Å². The molecule has 2 N–H and O–H groups in total. The minimum Gasteiger partial charge on any atom is -0.371 e. The molecule has 2 rings (SSSR count). The summed E-state index contributed by atoms with van der Waals surface area (Å²) in [6.07, 6.45) is 10.4. The van der Waals surface area contributed by atoms with Gasteiger partial charge in [-0.15, -0.1) is 0 Å². The average molecular weight is 372 g/mol. The predicted octanol–water partition coefficient (Wildman–Crippen LogP) is 3.17. The van der Waals surface area contributed by atoms with Crippen molar-refractivity contribution in [1.29, 1.82) is 0 Å². The van der Waals surface area contributed by atoms with Gasteiger partial charge in [0.25, 0.3) is 0 Å². The Morgan fingerprint density at radius 2 is 1.71 bits per heavy atom. The van der Waals surface area contributed by atoms with E-state index in [2.05, 4.69) is 22.6 Å². The van der Waals surface area contributed by atoms with E-state index < -0.39 is 0 Å². The molecule has 1 heterocycles. The van der Waals surface area contributed by atoms with E-state index in [1.165, 1.54) is 51.6 Å². The summed E-state index contributed by atoms with van der Waals surface area (Å²) in [6.45, 7) is 4.07. The number of piperidine rings is 1. The fourth-order valence-electron chi connectivity index (χ4n) is 3.51. The number of carbonyl (C=O) groups excluding carboxylic acids is 1. The van der Waals surface area contributed by atoms with Gasteiger partial charge in [-0.1, -0.05) is 36.8 Å². The molecule has 24 heavy (non-hydrogen) atoms. The second-order valence-corrected chi connectivity index (χ2v) is 9.22. The number of amides is 1. The molecule has 6 heteroatoms. The highest BCUT2D eigenvalue weighted by Gasteiger charge is 2.19. The fourth-order valence-corrected chi connectivity index (χ4v) is 4.96. The van der Waals surface area contributed by atoms with Gasteiger partial charge in [0.2, 0.25) is 5.91 Å². The molecule has 0 aromatic rings. The molecule has 1 saturated heterocycles. The first-order valence-corrected chi connectivity index (χ1v) is 10.8. The van der Waals surface area contributed by atoms with Crippen molar-refractivity contribution in [1.82, 2.24) is 15.5 Å². The summed E-state index contributed by atoms with van der Waals surface area (Å²) in [7, 11) is 2.18. The van der Waals surface area contributed by atoms with Gasteiger partial charge in [-0.2, -0.15) is 0 Å². The lowest BCUT2D eigenvalue weighted by Crippen LogP contribution is -2.33. The van der Waals surface area contributed by atoms with Crippen LogP contribution in [-0.2, 0) is 4.79 Å². The Morgan fingerprint density at radius 3 is 2.38 bits per heavy atom. The Hall–Kier alpha value is -0.330. The maximum absolute atomic E-state index is 11.8. The zero-order valence-electron chi connectivity index (χ0n) is 15.0. The SMILES string of the molecule is CN1CCC(SC(=S)NCCCCNC(=O)CC2CCCC2)CC1. The molecule has 1 amide bonds. The normalized spacial score (nSPS) is 20.2. The molecular formula is C18H33N3OS2. The Balaban J connectivity index is 1.41. The third-order valence-corrected chi connectivity index (χ3v) is 6.68. The van der Waals surface area contributed by atoms with Crippen LogP contribution < -0.4 is 10.6 Å². The Labute approximate surface area is 156 Å². The molecule has 138 valence electrons. The van der Waals surface area contributed by atoms with Gasteiger partial charge >= 0.3 is 0 Å². The molecule has 0 bridgehead atoms. The first kappa shape index (κ1) is 20.0. The standard InChI is InChI=1S/C18H33N3OS2/c1-21-12-8-16(9-13-21)24-18(23)20-11-5-4-10-19-17(22)14-15-6-2-3-7-15/h15-16H,2-14H2,1H3,(H,19,22)(H,20,23). The van der Waals surface area contributed by atoms with Crippen molar-refractivity contribution in [3.05, 3.63) is 0 Å². The second kappa shape index (κ2) is 11.3. The van der Waals surface area contributed by atoms with E-state index in [1.807, 2.05) is 11.8 Å². The highest BCUT2D eigenvalue weighted by Crippen LogP contribution is 2.27. The molecule has 2 aliphatic rings. The molecule has 0 aromatic heterocycles. The van der Waals surface area contributed by atoms with E-state index in [-0.39, 0.29) is 5.91 Å². The van der Waals surface area contributed by atoms with Crippen LogP contribution in [0.15, 0.2) is 0 Å². The molecule has 0 spiro atoms. The maximum Gasteiger partial charge on any atom is 0.220 e. The Kier molecular flexibility index (Phi) is 9.43. The van der Waals surface area contributed by atoms with Crippen molar-refractivity contribution >= 4 is 34.2 Å². The van der Waals surface area contributed by atoms with E-state index in [0.29, 0.717) is 11.2 Å². The first-order valence-electron chi connectivity index (χ1n) is 9.53. The van der Waals surface area contributed by atoms with Gasteiger partial charge in [0.1, 0.15) is 4.32 Å². The topological polar surface area (TPSA) is 44.4 Å². The molecule has 4 nitrogen and oxygen atoms in total. The highest BCUT2D eigenvalue weighted by molar-refractivity contribution is 8.23. The molecule has 0 unspecified atom stereocenters. The predicted molar refractivity (Wildman–Crippen MR) is 108 cm³/mol. The van der Waals surface area contributed by atoms with Crippen molar-refractivity contribution in [3.8, 4) is 0 Å². The van der Waals surface area contributed by atoms with Crippen molar-refractivity contribution in [2.24, 2.45) is 5.92 Å². The largest absolute Gasteiger partial charge is 0.371 e. The van der Waals surface area contributed by atoms with Crippen LogP contribution in [-0.4, -0.2) is 53.6 Å². The van der Waals surface area contributed by atoms with Gasteiger partial charge in [-0.05, 0) is 64.6 Å². The van der Waals surface area contributed by atoms with E-state index in [9.17, 15) is 4.79 Å². The van der Waals surface area contributed by atoms with E-state index in [4.69, 9.17) is 12.2 Å². The Bertz CT molecular complexity index is 392. The molecule has 2 fully saturated rings. The highest BCUT2D eigenvalue weighted by atomic mass is 32.2. The number of carbonyl (C=O) groups is 1. The average Bonchev–Trinajstić information content (AvgIpc) is 3.06. The van der Waals surface area contributed by atoms with Gasteiger partial charge in [-0.25, -0.2) is 0 Å². The zero-order chi connectivity index (χ0) is 17.2. The number of rotatable bonds is 8. The number of hydrogen-bond donors (Lipinski definition) is 2. The van der Waals surface area contributed by atoms with Gasteiger partial charge in [0, 0.05) is 24.8 Å². The zero-order valence-corrected chi connectivity index (χ0v) is 16.7. The number of unbranched alkanes of at least 4 members (excludes halogenated alkanes) is 1. The van der Waals surface area contributed by atoms with E-state index >= 15 is 0 Å². The summed E-state index contributed by atoms with van der Waals surface area (Å²) in [5.74, 6) is 0.879. The van der Waals surface area contributed by atoms with Crippen LogP contribution in [0.2, 0.25) is 0 Å². The third kappa shape index (κ3) is 8.17. The van der Waals surface area contributed by atoms with Gasteiger partial charge in [0.05, 0.1) is 0 Å². The van der Waals surface area contributed by atoms with Crippen LogP contribution in [0.3, 0.4) is 0 Å². The summed E-state index contributed by atoms with van der Waals surface area (Å²) in [5.41, 5.74) is 0. The fraction of sp³-hybridized carbons (Fsp3) is 0.889. The molecule has 1 aliphatic carbocycles. The van der Waals surface area contributed by atoms with Crippen LogP contribution in [0.1, 0.15) is 57.8 Å². The molecule has 1 saturated carbocycles. The maximum atomic E-state index is 11.8. The van der Waals surface area contributed by atoms with E-state index in [1.54, 1.807) is 0 Å². The number of hydrogen-bond acceptors (Lipinski definition) is 4. The summed E-state index contributed by atoms with van der Waals surface area (Å²) >= 11 is 7.27. The summed E-state index contributed by atoms with van der Waals surface area (Å²) in [4.78, 5) is 14.2. The smallest absolute Gasteiger partial charge is 0.220 e. The lowest BCUT2D eigenvalue weighted by atomic mass is 10.0. The summed E-state index contributed by atoms with van der Waals surface area (Å²) < 4.78 is 0.940. The Morgan fingerprint density at radius 1 is 1.08 bits per heavy atom. The van der Waals surface area contributed by atoms with Crippen LogP contribution in [0.4, 0.5) is 0 Å². The number of thiocarbonyl (C=S) groups is 1. The van der Waals surface area contributed by atoms with Crippen molar-refractivity contribution in [3.63, 3.8) is 0 Å². The first-order chi connectivity index (χ1) is 11.6. The lowest BCUT2D eigenvalue weighted by Gasteiger charge is -2.28. The molecule has 0 aromatic carbocycles. The van der Waals surface area contributed by atoms with Gasteiger partial charge in [-0.3, -0.25) is 4.79 Å². The molecule has 0 radical (unpaired) electrons. The van der Waals surface area contributed by atoms with Gasteiger partial charge in [0.15, 0.2) is 0 Å². The second-order valence-electron chi connectivity index (χ2n) is 7.25. The summed E-state index contributed by atoms with van der Waals surface area (Å²) in [6, 6.07) is 0. The van der Waals surface area contributed by atoms with Crippen LogP contribution in [0, 0.1) is 5.92 Å². The lowest BCUT2D eigenvalue weighted by molar-refractivity contribution is -0.121. The molecular weight excluding hydrogens is 338 g/mol. The van der Waals surface area contributed by atoms with Crippen LogP contribution in [0.5, 0.6) is 0 Å². The van der Waals surface area contributed by atoms with Crippen LogP contribution in [0.25, 0.3) is 0 Å². The summed E-state index contributed by atoms with van der Waals surface area (Å²) in [5, 5.41) is 7.09. The quantitative estimate of drug-likeness (QED) is 0.507. The van der Waals surface area contributed by atoms with Gasteiger partial charge < -0.3 is 15.5 Å². The number of nitrogens with one attached hydrogen (secondary N) is 2. The van der Waals surface area contributed by atoms with Crippen molar-refractivity contribution < 1.29 is 4.79 Å². The monoisotopic (exact) mass is 371 g/mol. The third-order valence-electron chi connectivity index (χ3n) is 5.08. The van der Waals surface area contributed by atoms with Crippen LogP contribution >= 0.6 is 24.0 Å². The molecule has 1 aliphatic heterocycles. The minimum absolute atomic E-state index is 0.239. The van der Waals surface area contributed by atoms with Crippen molar-refractivity contribution in [2.75, 3.05) is 33.2 Å². The number of nitrogens with zero attached hydrogens (tertiary/aromatic N) is 1. The van der Waals surface area contributed by atoms with E-state index in [0.717, 1.165) is 36.7 Å². The number of thioether (sulfide) groups is 1. The number of likely N-dealkylation sites (tertiary alicyclic amines) is 1. The minimum atomic E-state index is 0.239.